The van der Waals surface area contributed by atoms with Crippen LogP contribution in [0, 0.1) is 5.92 Å². The van der Waals surface area contributed by atoms with Crippen molar-refractivity contribution in [3.05, 3.63) is 0 Å². The van der Waals surface area contributed by atoms with Gasteiger partial charge in [0.25, 0.3) is 0 Å². The molecule has 120 valence electrons. The van der Waals surface area contributed by atoms with Gasteiger partial charge in [0.2, 0.25) is 0 Å². The summed E-state index contributed by atoms with van der Waals surface area (Å²) in [5.41, 5.74) is 0.488. The number of nitrogens with one attached hydrogen (secondary N) is 1. The second-order valence-corrected chi connectivity index (χ2v) is 7.98. The Bertz CT molecular complexity index is 343. The molecule has 2 aliphatic heterocycles. The van der Waals surface area contributed by atoms with Gasteiger partial charge in [-0.15, -0.1) is 0 Å². The van der Waals surface area contributed by atoms with Crippen LogP contribution in [-0.4, -0.2) is 48.8 Å². The third kappa shape index (κ3) is 3.16. The molecule has 3 heteroatoms. The zero-order valence-electron chi connectivity index (χ0n) is 13.5. The van der Waals surface area contributed by atoms with Gasteiger partial charge in [-0.1, -0.05) is 19.3 Å². The number of ether oxygens (including phenoxy) is 1. The van der Waals surface area contributed by atoms with E-state index < -0.39 is 0 Å². The number of hydrogen-bond acceptors (Lipinski definition) is 3. The van der Waals surface area contributed by atoms with E-state index in [0.29, 0.717) is 11.6 Å². The van der Waals surface area contributed by atoms with Crippen LogP contribution in [0.15, 0.2) is 0 Å². The highest BCUT2D eigenvalue weighted by molar-refractivity contribution is 5.03. The van der Waals surface area contributed by atoms with Crippen LogP contribution < -0.4 is 5.32 Å². The van der Waals surface area contributed by atoms with E-state index in [1.807, 2.05) is 0 Å². The summed E-state index contributed by atoms with van der Waals surface area (Å²) in [4.78, 5) is 2.90. The third-order valence-corrected chi connectivity index (χ3v) is 6.50. The summed E-state index contributed by atoms with van der Waals surface area (Å²) in [7, 11) is 0. The Hall–Kier alpha value is -0.120. The largest absolute Gasteiger partial charge is 0.378 e. The fraction of sp³-hybridized carbons (Fsp3) is 1.00. The number of hydrogen-bond donors (Lipinski definition) is 1. The lowest BCUT2D eigenvalue weighted by molar-refractivity contribution is -0.00608. The highest BCUT2D eigenvalue weighted by atomic mass is 16.5. The summed E-state index contributed by atoms with van der Waals surface area (Å²) in [6.07, 6.45) is 14.5. The van der Waals surface area contributed by atoms with E-state index in [0.717, 1.165) is 18.6 Å². The topological polar surface area (TPSA) is 24.5 Å². The summed E-state index contributed by atoms with van der Waals surface area (Å²) >= 11 is 0. The van der Waals surface area contributed by atoms with Crippen LogP contribution in [0.3, 0.4) is 0 Å². The van der Waals surface area contributed by atoms with Crippen LogP contribution in [0.25, 0.3) is 0 Å². The molecule has 3 nitrogen and oxygen atoms in total. The van der Waals surface area contributed by atoms with E-state index in [1.54, 1.807) is 0 Å². The van der Waals surface area contributed by atoms with Gasteiger partial charge >= 0.3 is 0 Å². The molecule has 4 fully saturated rings. The first-order chi connectivity index (χ1) is 10.4. The number of piperazine rings is 1. The Kier molecular flexibility index (Phi) is 4.25. The van der Waals surface area contributed by atoms with E-state index in [4.69, 9.17) is 4.74 Å². The number of rotatable bonds is 4. The molecule has 0 aromatic heterocycles. The average Bonchev–Trinajstić information content (AvgIpc) is 3.24. The quantitative estimate of drug-likeness (QED) is 0.862. The van der Waals surface area contributed by atoms with Crippen molar-refractivity contribution in [1.82, 2.24) is 10.2 Å². The second-order valence-electron chi connectivity index (χ2n) is 7.98. The van der Waals surface area contributed by atoms with E-state index in [9.17, 15) is 0 Å². The van der Waals surface area contributed by atoms with Crippen molar-refractivity contribution in [1.29, 1.82) is 0 Å². The Balaban J connectivity index is 1.40. The van der Waals surface area contributed by atoms with Crippen molar-refractivity contribution in [2.75, 3.05) is 26.2 Å². The predicted molar refractivity (Wildman–Crippen MR) is 85.5 cm³/mol. The zero-order valence-corrected chi connectivity index (χ0v) is 13.5. The highest BCUT2D eigenvalue weighted by Crippen LogP contribution is 2.40. The van der Waals surface area contributed by atoms with Gasteiger partial charge in [-0.25, -0.2) is 0 Å². The molecule has 1 spiro atoms. The van der Waals surface area contributed by atoms with Gasteiger partial charge in [0.15, 0.2) is 0 Å². The molecule has 0 bridgehead atoms. The molecular formula is C18H32N2O. The van der Waals surface area contributed by atoms with Gasteiger partial charge in [0.1, 0.15) is 0 Å². The summed E-state index contributed by atoms with van der Waals surface area (Å²) in [5, 5.41) is 3.93. The van der Waals surface area contributed by atoms with Crippen LogP contribution in [-0.2, 0) is 4.74 Å². The molecule has 2 aliphatic carbocycles. The van der Waals surface area contributed by atoms with Gasteiger partial charge in [-0.05, 0) is 50.9 Å². The first-order valence-corrected chi connectivity index (χ1v) is 9.46. The minimum Gasteiger partial charge on any atom is -0.378 e. The van der Waals surface area contributed by atoms with E-state index in [-0.39, 0.29) is 0 Å². The van der Waals surface area contributed by atoms with Crippen LogP contribution in [0.4, 0.5) is 0 Å². The molecular weight excluding hydrogens is 260 g/mol. The molecule has 1 N–H and O–H groups in total. The lowest BCUT2D eigenvalue weighted by atomic mass is 9.78. The Morgan fingerprint density at radius 3 is 2.62 bits per heavy atom. The minimum atomic E-state index is 0.488. The summed E-state index contributed by atoms with van der Waals surface area (Å²) < 4.78 is 5.86. The summed E-state index contributed by atoms with van der Waals surface area (Å²) in [5.74, 6) is 0.983. The van der Waals surface area contributed by atoms with Crippen molar-refractivity contribution < 1.29 is 4.74 Å². The molecule has 0 aromatic rings. The van der Waals surface area contributed by atoms with Crippen molar-refractivity contribution in [2.45, 2.75) is 81.9 Å². The zero-order chi connectivity index (χ0) is 14.1. The summed E-state index contributed by atoms with van der Waals surface area (Å²) in [6, 6.07) is 0.780. The van der Waals surface area contributed by atoms with E-state index in [2.05, 4.69) is 10.2 Å². The molecule has 2 heterocycles. The molecule has 2 atom stereocenters. The smallest absolute Gasteiger partial charge is 0.0588 e. The maximum absolute atomic E-state index is 5.86. The molecule has 0 amide bonds. The van der Waals surface area contributed by atoms with Crippen molar-refractivity contribution >= 4 is 0 Å². The monoisotopic (exact) mass is 292 g/mol. The van der Waals surface area contributed by atoms with E-state index in [1.165, 1.54) is 83.8 Å². The fourth-order valence-electron chi connectivity index (χ4n) is 4.95. The van der Waals surface area contributed by atoms with Crippen molar-refractivity contribution in [2.24, 2.45) is 5.92 Å². The van der Waals surface area contributed by atoms with Gasteiger partial charge in [-0.3, -0.25) is 4.90 Å². The van der Waals surface area contributed by atoms with E-state index >= 15 is 0 Å². The maximum Gasteiger partial charge on any atom is 0.0588 e. The molecule has 0 aromatic carbocycles. The Morgan fingerprint density at radius 2 is 1.90 bits per heavy atom. The molecule has 2 saturated heterocycles. The normalized spacial score (nSPS) is 37.1. The van der Waals surface area contributed by atoms with Crippen LogP contribution in [0.5, 0.6) is 0 Å². The van der Waals surface area contributed by atoms with Crippen LogP contribution in [0.2, 0.25) is 0 Å². The lowest BCUT2D eigenvalue weighted by Gasteiger charge is -2.52. The lowest BCUT2D eigenvalue weighted by Crippen LogP contribution is -2.66. The van der Waals surface area contributed by atoms with Crippen LogP contribution >= 0.6 is 0 Å². The first-order valence-electron chi connectivity index (χ1n) is 9.46. The van der Waals surface area contributed by atoms with Gasteiger partial charge in [0, 0.05) is 37.8 Å². The predicted octanol–water partition coefficient (Wildman–Crippen LogP) is 2.94. The Labute approximate surface area is 129 Å². The summed E-state index contributed by atoms with van der Waals surface area (Å²) in [6.45, 7) is 4.83. The van der Waals surface area contributed by atoms with Gasteiger partial charge in [0.05, 0.1) is 6.10 Å². The molecule has 4 rings (SSSR count). The van der Waals surface area contributed by atoms with Crippen molar-refractivity contribution in [3.8, 4) is 0 Å². The average molecular weight is 292 g/mol. The maximum atomic E-state index is 5.86. The molecule has 21 heavy (non-hydrogen) atoms. The minimum absolute atomic E-state index is 0.488. The third-order valence-electron chi connectivity index (χ3n) is 6.50. The molecule has 2 saturated carbocycles. The molecule has 4 aliphatic rings. The molecule has 2 unspecified atom stereocenters. The van der Waals surface area contributed by atoms with Gasteiger partial charge < -0.3 is 10.1 Å². The fourth-order valence-corrected chi connectivity index (χ4v) is 4.95. The van der Waals surface area contributed by atoms with Crippen molar-refractivity contribution in [3.63, 3.8) is 0 Å². The van der Waals surface area contributed by atoms with Gasteiger partial charge in [-0.2, -0.15) is 0 Å². The standard InChI is InChI=1S/C18H32N2O/c1-2-9-18(10-3-1)14-19-17(15-6-7-15)13-20(18)11-8-16-5-4-12-21-16/h15-17,19H,1-14H2. The second kappa shape index (κ2) is 6.17. The SMILES string of the molecule is C1CCC2(CC1)CNC(C1CC1)CN2CCC1CCCO1. The van der Waals surface area contributed by atoms with Crippen LogP contribution in [0.1, 0.15) is 64.2 Å². The number of nitrogens with zero attached hydrogens (tertiary/aromatic N) is 1. The Morgan fingerprint density at radius 1 is 1.05 bits per heavy atom. The first kappa shape index (κ1) is 14.5. The highest BCUT2D eigenvalue weighted by Gasteiger charge is 2.45. The molecule has 0 radical (unpaired) electrons.